The molecule has 3 heterocycles. The molecule has 1 aliphatic heterocycles. The zero-order chi connectivity index (χ0) is 21.4. The Morgan fingerprint density at radius 1 is 0.968 bits per heavy atom. The zero-order valence-corrected chi connectivity index (χ0v) is 17.1. The van der Waals surface area contributed by atoms with Gasteiger partial charge < -0.3 is 20.3 Å². The van der Waals surface area contributed by atoms with Crippen molar-refractivity contribution in [2.75, 3.05) is 11.2 Å². The van der Waals surface area contributed by atoms with Gasteiger partial charge in [-0.05, 0) is 12.1 Å². The fourth-order valence-electron chi connectivity index (χ4n) is 3.76. The van der Waals surface area contributed by atoms with Crippen molar-refractivity contribution in [3.05, 3.63) is 67.0 Å². The van der Waals surface area contributed by atoms with Crippen LogP contribution in [0.1, 0.15) is 6.23 Å². The van der Waals surface area contributed by atoms with E-state index >= 15 is 0 Å². The number of aromatic nitrogens is 4. The average Bonchev–Trinajstić information content (AvgIpc) is 3.33. The Bertz CT molecular complexity index is 1190. The first-order chi connectivity index (χ1) is 15.2. The number of hydrogen-bond acceptors (Lipinski definition) is 7. The molecule has 0 bridgehead atoms. The molecule has 0 spiro atoms. The van der Waals surface area contributed by atoms with Crippen LogP contribution in [-0.4, -0.2) is 54.2 Å². The van der Waals surface area contributed by atoms with E-state index in [1.807, 2.05) is 60.7 Å². The monoisotopic (exact) mass is 437 g/mol. The number of aliphatic hydroxyl groups excluding tert-OH is 2. The largest absolute Gasteiger partial charge is 0.387 e. The van der Waals surface area contributed by atoms with Gasteiger partial charge in [-0.1, -0.05) is 48.5 Å². The van der Waals surface area contributed by atoms with Crippen molar-refractivity contribution in [1.29, 1.82) is 0 Å². The van der Waals surface area contributed by atoms with Gasteiger partial charge in [-0.2, -0.15) is 5.10 Å². The number of anilines is 2. The maximum Gasteiger partial charge on any atom is 0.181 e. The fraction of sp³-hybridized carbons (Fsp3) is 0.227. The van der Waals surface area contributed by atoms with E-state index in [4.69, 9.17) is 21.4 Å². The van der Waals surface area contributed by atoms with E-state index in [0.29, 0.717) is 22.5 Å². The summed E-state index contributed by atoms with van der Waals surface area (Å²) in [7, 11) is 0. The summed E-state index contributed by atoms with van der Waals surface area (Å²) in [6, 6.07) is 19.3. The third-order valence-electron chi connectivity index (χ3n) is 5.30. The van der Waals surface area contributed by atoms with Gasteiger partial charge in [0.25, 0.3) is 0 Å². The molecule has 0 aliphatic carbocycles. The number of nitrogens with one attached hydrogen (secondary N) is 1. The lowest BCUT2D eigenvalue weighted by molar-refractivity contribution is -0.0363. The topological polar surface area (TPSA) is 105 Å². The highest BCUT2D eigenvalue weighted by atomic mass is 35.5. The smallest absolute Gasteiger partial charge is 0.181 e. The molecule has 0 amide bonds. The van der Waals surface area contributed by atoms with Gasteiger partial charge in [-0.15, -0.1) is 11.6 Å². The van der Waals surface area contributed by atoms with Crippen molar-refractivity contribution in [2.24, 2.45) is 0 Å². The summed E-state index contributed by atoms with van der Waals surface area (Å²) in [5.41, 5.74) is 2.83. The van der Waals surface area contributed by atoms with Gasteiger partial charge in [0.15, 0.2) is 11.9 Å². The Kier molecular flexibility index (Phi) is 5.29. The molecule has 3 N–H and O–H groups in total. The van der Waals surface area contributed by atoms with E-state index < -0.39 is 24.5 Å². The van der Waals surface area contributed by atoms with Crippen LogP contribution in [-0.2, 0) is 4.74 Å². The first-order valence-electron chi connectivity index (χ1n) is 9.85. The van der Waals surface area contributed by atoms with E-state index in [9.17, 15) is 10.2 Å². The van der Waals surface area contributed by atoms with Crippen LogP contribution in [0.2, 0.25) is 0 Å². The molecule has 31 heavy (non-hydrogen) atoms. The maximum absolute atomic E-state index is 10.6. The maximum atomic E-state index is 10.6. The first kappa shape index (κ1) is 19.9. The lowest BCUT2D eigenvalue weighted by atomic mass is 10.1. The average molecular weight is 438 g/mol. The summed E-state index contributed by atoms with van der Waals surface area (Å²) in [6.07, 6.45) is -2.53. The molecule has 0 unspecified atom stereocenters. The molecule has 1 fully saturated rings. The standard InChI is InChI=1S/C22H20ClN5O3/c23-11-15-18(29)19(30)22(31-15)28-21-16(17(27-28)13-7-3-1-4-8-13)20(24-12-25-21)26-14-9-5-2-6-10-14/h1-10,12,15,18-19,22,29-30H,11H2,(H,24,25,26)/t15-,18+,19+,22-/m1/s1. The van der Waals surface area contributed by atoms with Crippen molar-refractivity contribution in [3.63, 3.8) is 0 Å². The third-order valence-corrected chi connectivity index (χ3v) is 5.61. The van der Waals surface area contributed by atoms with Crippen LogP contribution in [0, 0.1) is 0 Å². The minimum Gasteiger partial charge on any atom is -0.387 e. The zero-order valence-electron chi connectivity index (χ0n) is 16.3. The molecule has 2 aromatic carbocycles. The molecule has 4 atom stereocenters. The molecule has 158 valence electrons. The van der Waals surface area contributed by atoms with Gasteiger partial charge in [0, 0.05) is 11.3 Å². The lowest BCUT2D eigenvalue weighted by Gasteiger charge is -2.15. The van der Waals surface area contributed by atoms with E-state index in [-0.39, 0.29) is 5.88 Å². The van der Waals surface area contributed by atoms with E-state index in [0.717, 1.165) is 11.3 Å². The number of para-hydroxylation sites is 1. The molecule has 1 saturated heterocycles. The fourth-order valence-corrected chi connectivity index (χ4v) is 4.02. The van der Waals surface area contributed by atoms with Crippen LogP contribution >= 0.6 is 11.6 Å². The Morgan fingerprint density at radius 2 is 1.68 bits per heavy atom. The second kappa shape index (κ2) is 8.24. The van der Waals surface area contributed by atoms with Crippen LogP contribution in [0.5, 0.6) is 0 Å². The number of ether oxygens (including phenoxy) is 1. The number of aliphatic hydroxyl groups is 2. The number of alkyl halides is 1. The number of halogens is 1. The van der Waals surface area contributed by atoms with E-state index in [2.05, 4.69) is 15.3 Å². The molecule has 2 aromatic heterocycles. The molecule has 1 aliphatic rings. The molecule has 9 heteroatoms. The van der Waals surface area contributed by atoms with Crippen molar-refractivity contribution in [2.45, 2.75) is 24.5 Å². The Balaban J connectivity index is 1.69. The molecular formula is C22H20ClN5O3. The van der Waals surface area contributed by atoms with Crippen molar-refractivity contribution < 1.29 is 14.9 Å². The number of hydrogen-bond donors (Lipinski definition) is 3. The number of fused-ring (bicyclic) bond motifs is 1. The summed E-state index contributed by atoms with van der Waals surface area (Å²) in [5.74, 6) is 0.623. The second-order valence-corrected chi connectivity index (χ2v) is 7.58. The molecular weight excluding hydrogens is 418 g/mol. The highest BCUT2D eigenvalue weighted by Gasteiger charge is 2.44. The van der Waals surface area contributed by atoms with Crippen LogP contribution in [0.15, 0.2) is 67.0 Å². The predicted octanol–water partition coefficient (Wildman–Crippen LogP) is 3.09. The number of nitrogens with zero attached hydrogens (tertiary/aromatic N) is 4. The minimum atomic E-state index is -1.20. The van der Waals surface area contributed by atoms with Gasteiger partial charge in [0.1, 0.15) is 36.2 Å². The molecule has 4 aromatic rings. The minimum absolute atomic E-state index is 0.0509. The molecule has 5 rings (SSSR count). The quantitative estimate of drug-likeness (QED) is 0.412. The van der Waals surface area contributed by atoms with Gasteiger partial charge in [0.05, 0.1) is 11.3 Å². The van der Waals surface area contributed by atoms with Gasteiger partial charge in [-0.25, -0.2) is 14.6 Å². The van der Waals surface area contributed by atoms with Gasteiger partial charge in [-0.3, -0.25) is 0 Å². The van der Waals surface area contributed by atoms with Crippen LogP contribution in [0.4, 0.5) is 11.5 Å². The van der Waals surface area contributed by atoms with E-state index in [1.54, 1.807) is 0 Å². The summed E-state index contributed by atoms with van der Waals surface area (Å²) in [4.78, 5) is 8.87. The highest BCUT2D eigenvalue weighted by molar-refractivity contribution is 6.18. The van der Waals surface area contributed by atoms with E-state index in [1.165, 1.54) is 11.0 Å². The number of rotatable bonds is 5. The molecule has 0 saturated carbocycles. The first-order valence-corrected chi connectivity index (χ1v) is 10.4. The Hall–Kier alpha value is -3.04. The van der Waals surface area contributed by atoms with Gasteiger partial charge in [0.2, 0.25) is 0 Å². The highest BCUT2D eigenvalue weighted by Crippen LogP contribution is 2.37. The Labute approximate surface area is 183 Å². The number of benzene rings is 2. The Morgan fingerprint density at radius 3 is 2.35 bits per heavy atom. The van der Waals surface area contributed by atoms with Crippen molar-refractivity contribution in [3.8, 4) is 11.3 Å². The lowest BCUT2D eigenvalue weighted by Crippen LogP contribution is -2.32. The van der Waals surface area contributed by atoms with Crippen LogP contribution in [0.3, 0.4) is 0 Å². The molecule has 8 nitrogen and oxygen atoms in total. The molecule has 0 radical (unpaired) electrons. The van der Waals surface area contributed by atoms with Crippen molar-refractivity contribution >= 4 is 34.1 Å². The predicted molar refractivity (Wildman–Crippen MR) is 117 cm³/mol. The summed E-state index contributed by atoms with van der Waals surface area (Å²) >= 11 is 5.89. The summed E-state index contributed by atoms with van der Waals surface area (Å²) < 4.78 is 7.32. The van der Waals surface area contributed by atoms with Crippen molar-refractivity contribution in [1.82, 2.24) is 19.7 Å². The second-order valence-electron chi connectivity index (χ2n) is 7.27. The third kappa shape index (κ3) is 3.53. The van der Waals surface area contributed by atoms with Gasteiger partial charge >= 0.3 is 0 Å². The van der Waals surface area contributed by atoms with Crippen LogP contribution in [0.25, 0.3) is 22.3 Å². The SMILES string of the molecule is O[C@@H]1[C@H](O)[C@H](n2nc(-c3ccccc3)c3c(Nc4ccccc4)ncnc32)O[C@@H]1CCl. The normalized spacial score (nSPS) is 23.3. The summed E-state index contributed by atoms with van der Waals surface area (Å²) in [6.45, 7) is 0. The van der Waals surface area contributed by atoms with Crippen LogP contribution < -0.4 is 5.32 Å². The summed E-state index contributed by atoms with van der Waals surface area (Å²) in [5, 5.41) is 29.6.